The second-order valence-corrected chi connectivity index (χ2v) is 2.85. The summed E-state index contributed by atoms with van der Waals surface area (Å²) in [6, 6.07) is 3.16. The molecule has 0 aromatic carbocycles. The molecule has 0 aliphatic heterocycles. The van der Waals surface area contributed by atoms with Crippen LogP contribution in [0.1, 0.15) is 16.8 Å². The molecule has 0 aliphatic rings. The fraction of sp³-hybridized carbons (Fsp3) is 0.300. The van der Waals surface area contributed by atoms with Crippen molar-refractivity contribution in [3.05, 3.63) is 30.1 Å². The largest absolute Gasteiger partial charge is 0.428 e. The van der Waals surface area contributed by atoms with Gasteiger partial charge in [-0.25, -0.2) is 4.79 Å². The van der Waals surface area contributed by atoms with E-state index in [-0.39, 0.29) is 37.8 Å². The number of hydrogen-bond acceptors (Lipinski definition) is 6. The highest BCUT2D eigenvalue weighted by molar-refractivity contribution is 5.88. The van der Waals surface area contributed by atoms with Gasteiger partial charge in [0.25, 0.3) is 0 Å². The van der Waals surface area contributed by atoms with Gasteiger partial charge in [0.05, 0.1) is 12.0 Å². The van der Waals surface area contributed by atoms with E-state index in [9.17, 15) is 9.59 Å². The number of hydrogen-bond donors (Lipinski definition) is 1. The van der Waals surface area contributed by atoms with Crippen LogP contribution in [0.5, 0.6) is 0 Å². The fourth-order valence-corrected chi connectivity index (χ4v) is 0.906. The van der Waals surface area contributed by atoms with Crippen LogP contribution < -0.4 is 5.73 Å². The molecular formula is C10H14Cl2N2O4. The zero-order valence-corrected chi connectivity index (χ0v) is 11.0. The summed E-state index contributed by atoms with van der Waals surface area (Å²) in [5.41, 5.74) is 5.44. The highest BCUT2D eigenvalue weighted by Crippen LogP contribution is 1.98. The molecule has 0 bridgehead atoms. The predicted octanol–water partition coefficient (Wildman–Crippen LogP) is 0.931. The molecule has 0 amide bonds. The van der Waals surface area contributed by atoms with Crippen molar-refractivity contribution in [3.8, 4) is 0 Å². The number of aromatic nitrogens is 1. The molecule has 0 saturated heterocycles. The molecule has 0 radical (unpaired) electrons. The Hall–Kier alpha value is -1.37. The number of carbonyl (C=O) groups is 2. The van der Waals surface area contributed by atoms with E-state index in [0.717, 1.165) is 0 Å². The van der Waals surface area contributed by atoms with Crippen LogP contribution in [-0.2, 0) is 14.3 Å². The summed E-state index contributed by atoms with van der Waals surface area (Å²) in [4.78, 5) is 25.9. The zero-order valence-electron chi connectivity index (χ0n) is 9.40. The Morgan fingerprint density at radius 3 is 2.56 bits per heavy atom. The molecule has 1 aromatic rings. The molecular weight excluding hydrogens is 283 g/mol. The van der Waals surface area contributed by atoms with E-state index in [1.807, 2.05) is 0 Å². The summed E-state index contributed by atoms with van der Waals surface area (Å²) in [6.45, 7) is -0.206. The van der Waals surface area contributed by atoms with Crippen LogP contribution in [0, 0.1) is 0 Å². The second-order valence-electron chi connectivity index (χ2n) is 2.85. The first-order chi connectivity index (χ1) is 7.74. The SMILES string of the molecule is Cl.Cl.NCCC(=O)OCOC(=O)c1cccnc1. The van der Waals surface area contributed by atoms with Crippen LogP contribution in [0.2, 0.25) is 0 Å². The van der Waals surface area contributed by atoms with Crippen LogP contribution in [-0.4, -0.2) is 30.3 Å². The summed E-state index contributed by atoms with van der Waals surface area (Å²) in [5.74, 6) is -1.09. The Balaban J connectivity index is 0. The number of halogens is 2. The van der Waals surface area contributed by atoms with Gasteiger partial charge in [0.15, 0.2) is 0 Å². The molecule has 1 aromatic heterocycles. The van der Waals surface area contributed by atoms with Crippen LogP contribution in [0.15, 0.2) is 24.5 Å². The molecule has 1 heterocycles. The summed E-state index contributed by atoms with van der Waals surface area (Å²) >= 11 is 0. The number of esters is 2. The van der Waals surface area contributed by atoms with E-state index >= 15 is 0 Å². The third-order valence-electron chi connectivity index (χ3n) is 1.66. The highest BCUT2D eigenvalue weighted by Gasteiger charge is 2.07. The zero-order chi connectivity index (χ0) is 11.8. The Labute approximate surface area is 117 Å². The minimum Gasteiger partial charge on any atom is -0.428 e. The average molecular weight is 297 g/mol. The van der Waals surface area contributed by atoms with Gasteiger partial charge in [-0.3, -0.25) is 9.78 Å². The number of ether oxygens (including phenoxy) is 2. The molecule has 0 fully saturated rings. The van der Waals surface area contributed by atoms with E-state index < -0.39 is 18.7 Å². The summed E-state index contributed by atoms with van der Waals surface area (Å²) in [5, 5.41) is 0. The predicted molar refractivity (Wildman–Crippen MR) is 68.8 cm³/mol. The Morgan fingerprint density at radius 2 is 2.00 bits per heavy atom. The lowest BCUT2D eigenvalue weighted by atomic mass is 10.3. The lowest BCUT2D eigenvalue weighted by Gasteiger charge is -2.05. The van der Waals surface area contributed by atoms with Gasteiger partial charge < -0.3 is 15.2 Å². The first-order valence-corrected chi connectivity index (χ1v) is 4.67. The molecule has 0 aliphatic carbocycles. The first kappa shape index (κ1) is 19.0. The van der Waals surface area contributed by atoms with E-state index in [1.54, 1.807) is 12.1 Å². The van der Waals surface area contributed by atoms with E-state index in [4.69, 9.17) is 5.73 Å². The normalized spacial score (nSPS) is 8.50. The van der Waals surface area contributed by atoms with Crippen molar-refractivity contribution in [3.63, 3.8) is 0 Å². The number of rotatable bonds is 5. The van der Waals surface area contributed by atoms with Gasteiger partial charge in [-0.1, -0.05) is 0 Å². The minimum atomic E-state index is -0.589. The smallest absolute Gasteiger partial charge is 0.342 e. The average Bonchev–Trinajstić information content (AvgIpc) is 2.30. The van der Waals surface area contributed by atoms with E-state index in [1.165, 1.54) is 12.4 Å². The lowest BCUT2D eigenvalue weighted by molar-refractivity contribution is -0.151. The molecule has 18 heavy (non-hydrogen) atoms. The second kappa shape index (κ2) is 10.8. The maximum atomic E-state index is 11.3. The standard InChI is InChI=1S/C10H12N2O4.2ClH/c11-4-3-9(13)15-7-16-10(14)8-2-1-5-12-6-8;;/h1-2,5-6H,3-4,7,11H2;2*1H. The van der Waals surface area contributed by atoms with Crippen molar-refractivity contribution in [2.24, 2.45) is 5.73 Å². The van der Waals surface area contributed by atoms with Crippen molar-refractivity contribution in [1.29, 1.82) is 0 Å². The molecule has 2 N–H and O–H groups in total. The van der Waals surface area contributed by atoms with Gasteiger partial charge >= 0.3 is 11.9 Å². The Bertz CT molecular complexity index is 362. The third kappa shape index (κ3) is 7.05. The summed E-state index contributed by atoms with van der Waals surface area (Å²) < 4.78 is 9.27. The molecule has 0 spiro atoms. The topological polar surface area (TPSA) is 91.5 Å². The first-order valence-electron chi connectivity index (χ1n) is 4.67. The van der Waals surface area contributed by atoms with Gasteiger partial charge in [0, 0.05) is 18.9 Å². The number of nitrogens with zero attached hydrogens (tertiary/aromatic N) is 1. The number of nitrogens with two attached hydrogens (primary N) is 1. The third-order valence-corrected chi connectivity index (χ3v) is 1.66. The van der Waals surface area contributed by atoms with Crippen LogP contribution >= 0.6 is 24.8 Å². The van der Waals surface area contributed by atoms with Gasteiger partial charge in [-0.15, -0.1) is 24.8 Å². The van der Waals surface area contributed by atoms with Crippen LogP contribution in [0.3, 0.4) is 0 Å². The molecule has 1 rings (SSSR count). The van der Waals surface area contributed by atoms with Crippen molar-refractivity contribution in [2.45, 2.75) is 6.42 Å². The molecule has 102 valence electrons. The van der Waals surface area contributed by atoms with Crippen molar-refractivity contribution < 1.29 is 19.1 Å². The minimum absolute atomic E-state index is 0. The lowest BCUT2D eigenvalue weighted by Crippen LogP contribution is -2.15. The van der Waals surface area contributed by atoms with E-state index in [0.29, 0.717) is 5.56 Å². The summed E-state index contributed by atoms with van der Waals surface area (Å²) in [6.07, 6.45) is 3.01. The summed E-state index contributed by atoms with van der Waals surface area (Å²) in [7, 11) is 0. The van der Waals surface area contributed by atoms with Crippen LogP contribution in [0.4, 0.5) is 0 Å². The Kier molecular flexibility index (Phi) is 11.3. The molecule has 8 heteroatoms. The van der Waals surface area contributed by atoms with Crippen molar-refractivity contribution >= 4 is 36.8 Å². The Morgan fingerprint density at radius 1 is 1.28 bits per heavy atom. The monoisotopic (exact) mass is 296 g/mol. The van der Waals surface area contributed by atoms with Gasteiger partial charge in [0.2, 0.25) is 6.79 Å². The van der Waals surface area contributed by atoms with Gasteiger partial charge in [0.1, 0.15) is 0 Å². The quantitative estimate of drug-likeness (QED) is 0.642. The van der Waals surface area contributed by atoms with Gasteiger partial charge in [-0.2, -0.15) is 0 Å². The molecule has 6 nitrogen and oxygen atoms in total. The number of carbonyl (C=O) groups excluding carboxylic acids is 2. The maximum Gasteiger partial charge on any atom is 0.342 e. The molecule has 0 atom stereocenters. The maximum absolute atomic E-state index is 11.3. The fourth-order valence-electron chi connectivity index (χ4n) is 0.906. The molecule has 0 saturated carbocycles. The van der Waals surface area contributed by atoms with Crippen LogP contribution in [0.25, 0.3) is 0 Å². The van der Waals surface area contributed by atoms with E-state index in [2.05, 4.69) is 14.5 Å². The number of pyridine rings is 1. The van der Waals surface area contributed by atoms with Crippen molar-refractivity contribution in [2.75, 3.05) is 13.3 Å². The molecule has 0 unspecified atom stereocenters. The highest BCUT2D eigenvalue weighted by atomic mass is 35.5. The van der Waals surface area contributed by atoms with Crippen molar-refractivity contribution in [1.82, 2.24) is 4.98 Å². The van der Waals surface area contributed by atoms with Gasteiger partial charge in [-0.05, 0) is 12.1 Å².